The lowest BCUT2D eigenvalue weighted by Crippen LogP contribution is -2.29. The molecule has 0 aliphatic carbocycles. The van der Waals surface area contributed by atoms with Crippen LogP contribution in [0.4, 0.5) is 0 Å². The van der Waals surface area contributed by atoms with Gasteiger partial charge in [-0.25, -0.2) is 0 Å². The topological polar surface area (TPSA) is 29.1 Å². The molecule has 1 N–H and O–H groups in total. The zero-order valence-electron chi connectivity index (χ0n) is 9.94. The summed E-state index contributed by atoms with van der Waals surface area (Å²) in [6, 6.07) is 0. The van der Waals surface area contributed by atoms with E-state index in [9.17, 15) is 4.79 Å². The van der Waals surface area contributed by atoms with Crippen LogP contribution in [0.5, 0.6) is 0 Å². The highest BCUT2D eigenvalue weighted by Gasteiger charge is 2.09. The van der Waals surface area contributed by atoms with E-state index < -0.39 is 0 Å². The Labute approximate surface area is 88.5 Å². The Hall–Kier alpha value is -0.530. The van der Waals surface area contributed by atoms with Crippen LogP contribution in [0.15, 0.2) is 0 Å². The van der Waals surface area contributed by atoms with Crippen LogP contribution in [0.1, 0.15) is 59.3 Å². The number of rotatable bonds is 8. The van der Waals surface area contributed by atoms with Gasteiger partial charge in [-0.2, -0.15) is 0 Å². The van der Waals surface area contributed by atoms with Crippen molar-refractivity contribution in [2.24, 2.45) is 5.92 Å². The van der Waals surface area contributed by atoms with Gasteiger partial charge in [0, 0.05) is 12.5 Å². The summed E-state index contributed by atoms with van der Waals surface area (Å²) in [4.78, 5) is 11.5. The van der Waals surface area contributed by atoms with Crippen molar-refractivity contribution in [2.45, 2.75) is 59.3 Å². The average Bonchev–Trinajstić information content (AvgIpc) is 2.17. The van der Waals surface area contributed by atoms with Crippen molar-refractivity contribution in [2.75, 3.05) is 6.54 Å². The second-order valence-electron chi connectivity index (χ2n) is 4.04. The van der Waals surface area contributed by atoms with Gasteiger partial charge < -0.3 is 5.32 Å². The monoisotopic (exact) mass is 199 g/mol. The molecular weight excluding hydrogens is 174 g/mol. The second-order valence-corrected chi connectivity index (χ2v) is 4.04. The van der Waals surface area contributed by atoms with E-state index in [1.54, 1.807) is 0 Å². The molecule has 0 aliphatic rings. The quantitative estimate of drug-likeness (QED) is 0.598. The molecule has 0 rings (SSSR count). The number of hydrogen-bond acceptors (Lipinski definition) is 1. The molecule has 0 spiro atoms. The smallest absolute Gasteiger partial charge is 0.222 e. The van der Waals surface area contributed by atoms with Gasteiger partial charge in [-0.05, 0) is 12.8 Å². The van der Waals surface area contributed by atoms with Crippen molar-refractivity contribution in [3.05, 3.63) is 0 Å². The molecule has 1 atom stereocenters. The van der Waals surface area contributed by atoms with Gasteiger partial charge in [-0.15, -0.1) is 0 Å². The Balaban J connectivity index is 3.34. The van der Waals surface area contributed by atoms with Crippen LogP contribution in [-0.2, 0) is 4.79 Å². The summed E-state index contributed by atoms with van der Waals surface area (Å²) < 4.78 is 0. The molecule has 0 aliphatic heterocycles. The minimum absolute atomic E-state index is 0.186. The van der Waals surface area contributed by atoms with Crippen LogP contribution in [-0.4, -0.2) is 12.5 Å². The van der Waals surface area contributed by atoms with E-state index in [0.717, 1.165) is 25.8 Å². The fourth-order valence-corrected chi connectivity index (χ4v) is 1.50. The first-order chi connectivity index (χ1) is 6.72. The standard InChI is InChI=1S/C12H25NO/c1-4-6-7-8-10-13-12(14)11(3)9-5-2/h11H,4-10H2,1-3H3,(H,13,14). The van der Waals surface area contributed by atoms with Gasteiger partial charge in [0.1, 0.15) is 0 Å². The molecule has 0 saturated heterocycles. The van der Waals surface area contributed by atoms with Crippen LogP contribution in [0.3, 0.4) is 0 Å². The SMILES string of the molecule is CCCCCCNC(=O)C(C)CCC. The molecule has 0 heterocycles. The van der Waals surface area contributed by atoms with Crippen molar-refractivity contribution in [1.82, 2.24) is 5.32 Å². The number of carbonyl (C=O) groups is 1. The third kappa shape index (κ3) is 6.93. The van der Waals surface area contributed by atoms with Crippen LogP contribution in [0.25, 0.3) is 0 Å². The predicted octanol–water partition coefficient (Wildman–Crippen LogP) is 3.12. The maximum atomic E-state index is 11.5. The first kappa shape index (κ1) is 13.5. The van der Waals surface area contributed by atoms with Crippen molar-refractivity contribution in [3.8, 4) is 0 Å². The summed E-state index contributed by atoms with van der Waals surface area (Å²) in [6.45, 7) is 7.17. The number of unbranched alkanes of at least 4 members (excludes halogenated alkanes) is 3. The fraction of sp³-hybridized carbons (Fsp3) is 0.917. The number of hydrogen-bond donors (Lipinski definition) is 1. The number of nitrogens with one attached hydrogen (secondary N) is 1. The lowest BCUT2D eigenvalue weighted by molar-refractivity contribution is -0.124. The highest BCUT2D eigenvalue weighted by Crippen LogP contribution is 2.04. The Morgan fingerprint density at radius 3 is 2.43 bits per heavy atom. The van der Waals surface area contributed by atoms with Crippen molar-refractivity contribution < 1.29 is 4.79 Å². The predicted molar refractivity (Wildman–Crippen MR) is 61.2 cm³/mol. The van der Waals surface area contributed by atoms with E-state index in [-0.39, 0.29) is 11.8 Å². The Morgan fingerprint density at radius 2 is 1.86 bits per heavy atom. The molecule has 1 amide bonds. The van der Waals surface area contributed by atoms with Crippen LogP contribution >= 0.6 is 0 Å². The second kappa shape index (κ2) is 9.04. The molecule has 14 heavy (non-hydrogen) atoms. The summed E-state index contributed by atoms with van der Waals surface area (Å²) in [5.41, 5.74) is 0. The summed E-state index contributed by atoms with van der Waals surface area (Å²) in [7, 11) is 0. The number of carbonyl (C=O) groups excluding carboxylic acids is 1. The fourth-order valence-electron chi connectivity index (χ4n) is 1.50. The zero-order chi connectivity index (χ0) is 10.8. The maximum absolute atomic E-state index is 11.5. The normalized spacial score (nSPS) is 12.5. The summed E-state index contributed by atoms with van der Waals surface area (Å²) in [6.07, 6.45) is 6.98. The third-order valence-corrected chi connectivity index (χ3v) is 2.50. The molecule has 0 aromatic heterocycles. The largest absolute Gasteiger partial charge is 0.356 e. The van der Waals surface area contributed by atoms with Crippen molar-refractivity contribution in [3.63, 3.8) is 0 Å². The van der Waals surface area contributed by atoms with E-state index >= 15 is 0 Å². The molecule has 2 heteroatoms. The van der Waals surface area contributed by atoms with Gasteiger partial charge in [0.25, 0.3) is 0 Å². The summed E-state index contributed by atoms with van der Waals surface area (Å²) >= 11 is 0. The Kier molecular flexibility index (Phi) is 8.70. The van der Waals surface area contributed by atoms with E-state index in [4.69, 9.17) is 0 Å². The highest BCUT2D eigenvalue weighted by atomic mass is 16.1. The van der Waals surface area contributed by atoms with Gasteiger partial charge in [0.15, 0.2) is 0 Å². The minimum atomic E-state index is 0.186. The molecule has 2 nitrogen and oxygen atoms in total. The molecule has 0 fully saturated rings. The first-order valence-electron chi connectivity index (χ1n) is 6.00. The van der Waals surface area contributed by atoms with Gasteiger partial charge in [0.05, 0.1) is 0 Å². The molecule has 0 bridgehead atoms. The van der Waals surface area contributed by atoms with E-state index in [1.807, 2.05) is 6.92 Å². The number of amides is 1. The van der Waals surface area contributed by atoms with Gasteiger partial charge >= 0.3 is 0 Å². The molecule has 84 valence electrons. The first-order valence-corrected chi connectivity index (χ1v) is 6.00. The summed E-state index contributed by atoms with van der Waals surface area (Å²) in [5.74, 6) is 0.412. The Bertz CT molecular complexity index is 145. The van der Waals surface area contributed by atoms with Crippen molar-refractivity contribution >= 4 is 5.91 Å². The lowest BCUT2D eigenvalue weighted by Gasteiger charge is -2.10. The molecule has 0 saturated carbocycles. The molecule has 0 aromatic carbocycles. The van der Waals surface area contributed by atoms with Gasteiger partial charge in [-0.1, -0.05) is 46.5 Å². The Morgan fingerprint density at radius 1 is 1.14 bits per heavy atom. The lowest BCUT2D eigenvalue weighted by atomic mass is 10.1. The van der Waals surface area contributed by atoms with Crippen LogP contribution < -0.4 is 5.32 Å². The van der Waals surface area contributed by atoms with Crippen molar-refractivity contribution in [1.29, 1.82) is 0 Å². The van der Waals surface area contributed by atoms with Crippen LogP contribution in [0.2, 0.25) is 0 Å². The van der Waals surface area contributed by atoms with E-state index in [2.05, 4.69) is 19.2 Å². The minimum Gasteiger partial charge on any atom is -0.356 e. The summed E-state index contributed by atoms with van der Waals surface area (Å²) in [5, 5.41) is 2.99. The molecule has 0 radical (unpaired) electrons. The van der Waals surface area contributed by atoms with E-state index in [0.29, 0.717) is 0 Å². The molecule has 0 aromatic rings. The molecular formula is C12H25NO. The van der Waals surface area contributed by atoms with E-state index in [1.165, 1.54) is 19.3 Å². The highest BCUT2D eigenvalue weighted by molar-refractivity contribution is 5.78. The third-order valence-electron chi connectivity index (χ3n) is 2.50. The van der Waals surface area contributed by atoms with Gasteiger partial charge in [0.2, 0.25) is 5.91 Å². The van der Waals surface area contributed by atoms with Gasteiger partial charge in [-0.3, -0.25) is 4.79 Å². The average molecular weight is 199 g/mol. The zero-order valence-corrected chi connectivity index (χ0v) is 9.94. The van der Waals surface area contributed by atoms with Crippen LogP contribution in [0, 0.1) is 5.92 Å². The maximum Gasteiger partial charge on any atom is 0.222 e. The molecule has 1 unspecified atom stereocenters.